The molecule has 3 aromatic rings. The number of rotatable bonds is 6. The zero-order valence-electron chi connectivity index (χ0n) is 15.9. The average molecular weight is 392 g/mol. The van der Waals surface area contributed by atoms with E-state index in [1.54, 1.807) is 28.9 Å². The monoisotopic (exact) mass is 392 g/mol. The summed E-state index contributed by atoms with van der Waals surface area (Å²) in [5.74, 6) is -0.760. The van der Waals surface area contributed by atoms with E-state index in [1.165, 1.54) is 7.11 Å². The molecule has 0 saturated carbocycles. The lowest BCUT2D eigenvalue weighted by Crippen LogP contribution is -2.43. The number of methoxy groups -OCH3 is 1. The van der Waals surface area contributed by atoms with Crippen LogP contribution in [-0.2, 0) is 20.8 Å². The van der Waals surface area contributed by atoms with E-state index < -0.39 is 11.6 Å². The van der Waals surface area contributed by atoms with Crippen LogP contribution in [0.15, 0.2) is 66.1 Å². The van der Waals surface area contributed by atoms with Gasteiger partial charge in [0.05, 0.1) is 19.4 Å². The molecule has 0 spiro atoms. The smallest absolute Gasteiger partial charge is 0.353 e. The van der Waals surface area contributed by atoms with E-state index in [9.17, 15) is 9.59 Å². The van der Waals surface area contributed by atoms with Gasteiger partial charge in [-0.1, -0.05) is 41.6 Å². The lowest BCUT2D eigenvalue weighted by Gasteiger charge is -2.23. The molecule has 1 unspecified atom stereocenters. The fourth-order valence-electron chi connectivity index (χ4n) is 3.43. The highest BCUT2D eigenvalue weighted by Crippen LogP contribution is 2.29. The van der Waals surface area contributed by atoms with E-state index in [4.69, 9.17) is 9.57 Å². The number of aromatic nitrogens is 2. The number of esters is 1. The molecule has 2 aromatic heterocycles. The summed E-state index contributed by atoms with van der Waals surface area (Å²) in [6, 6.07) is 14.8. The second-order valence-electron chi connectivity index (χ2n) is 6.82. The SMILES string of the molecule is COC(=O)C1(Cc2ccccc2)CC(CNC(=O)c2cccc3nccn23)=NO1. The van der Waals surface area contributed by atoms with Gasteiger partial charge in [-0.3, -0.25) is 9.20 Å². The van der Waals surface area contributed by atoms with E-state index in [1.807, 2.05) is 36.4 Å². The summed E-state index contributed by atoms with van der Waals surface area (Å²) >= 11 is 0. The number of amides is 1. The van der Waals surface area contributed by atoms with Crippen molar-refractivity contribution in [2.45, 2.75) is 18.4 Å². The first kappa shape index (κ1) is 18.7. The van der Waals surface area contributed by atoms with Gasteiger partial charge in [0, 0.05) is 25.2 Å². The zero-order chi connectivity index (χ0) is 20.3. The Morgan fingerprint density at radius 2 is 2.03 bits per heavy atom. The first-order valence-corrected chi connectivity index (χ1v) is 9.18. The van der Waals surface area contributed by atoms with E-state index >= 15 is 0 Å². The van der Waals surface area contributed by atoms with Crippen LogP contribution in [0.4, 0.5) is 0 Å². The Morgan fingerprint density at radius 3 is 2.83 bits per heavy atom. The Kier molecular flexibility index (Phi) is 4.99. The van der Waals surface area contributed by atoms with E-state index in [-0.39, 0.29) is 18.9 Å². The predicted molar refractivity (Wildman–Crippen MR) is 106 cm³/mol. The number of ether oxygens (including phenoxy) is 1. The summed E-state index contributed by atoms with van der Waals surface area (Å²) in [6.45, 7) is 0.164. The van der Waals surface area contributed by atoms with Gasteiger partial charge >= 0.3 is 5.97 Å². The number of fused-ring (bicyclic) bond motifs is 1. The number of carbonyl (C=O) groups is 2. The van der Waals surface area contributed by atoms with Crippen LogP contribution in [0.3, 0.4) is 0 Å². The minimum absolute atomic E-state index is 0.164. The molecule has 0 radical (unpaired) electrons. The minimum Gasteiger partial charge on any atom is -0.466 e. The van der Waals surface area contributed by atoms with Gasteiger partial charge in [-0.25, -0.2) is 9.78 Å². The first-order chi connectivity index (χ1) is 14.1. The summed E-state index contributed by atoms with van der Waals surface area (Å²) in [4.78, 5) is 34.8. The quantitative estimate of drug-likeness (QED) is 0.648. The number of pyridine rings is 1. The Bertz CT molecular complexity index is 1080. The molecule has 0 aliphatic carbocycles. The topological polar surface area (TPSA) is 94.3 Å². The summed E-state index contributed by atoms with van der Waals surface area (Å²) in [5, 5.41) is 6.89. The van der Waals surface area contributed by atoms with Crippen LogP contribution in [0.1, 0.15) is 22.5 Å². The fraction of sp³-hybridized carbons (Fsp3) is 0.238. The number of hydrogen-bond donors (Lipinski definition) is 1. The molecule has 1 aliphatic rings. The van der Waals surface area contributed by atoms with Crippen molar-refractivity contribution < 1.29 is 19.2 Å². The maximum atomic E-state index is 12.6. The van der Waals surface area contributed by atoms with Gasteiger partial charge in [0.15, 0.2) is 0 Å². The number of hydrogen-bond acceptors (Lipinski definition) is 6. The van der Waals surface area contributed by atoms with Crippen molar-refractivity contribution in [1.82, 2.24) is 14.7 Å². The van der Waals surface area contributed by atoms with Crippen LogP contribution >= 0.6 is 0 Å². The molecule has 8 nitrogen and oxygen atoms in total. The van der Waals surface area contributed by atoms with Crippen LogP contribution in [0.5, 0.6) is 0 Å². The van der Waals surface area contributed by atoms with Gasteiger partial charge in [-0.15, -0.1) is 0 Å². The van der Waals surface area contributed by atoms with Gasteiger partial charge < -0.3 is 14.9 Å². The molecule has 8 heteroatoms. The third kappa shape index (κ3) is 3.69. The number of nitrogens with one attached hydrogen (secondary N) is 1. The normalized spacial score (nSPS) is 18.2. The Morgan fingerprint density at radius 1 is 1.21 bits per heavy atom. The van der Waals surface area contributed by atoms with Crippen molar-refractivity contribution in [2.24, 2.45) is 5.16 Å². The lowest BCUT2D eigenvalue weighted by atomic mass is 9.89. The van der Waals surface area contributed by atoms with Crippen molar-refractivity contribution in [3.05, 3.63) is 72.2 Å². The van der Waals surface area contributed by atoms with Crippen LogP contribution in [0.2, 0.25) is 0 Å². The number of benzene rings is 1. The van der Waals surface area contributed by atoms with Gasteiger partial charge in [-0.2, -0.15) is 0 Å². The van der Waals surface area contributed by atoms with E-state index in [2.05, 4.69) is 15.5 Å². The van der Waals surface area contributed by atoms with Crippen LogP contribution in [-0.4, -0.2) is 46.2 Å². The molecule has 29 heavy (non-hydrogen) atoms. The molecule has 0 saturated heterocycles. The van der Waals surface area contributed by atoms with Crippen LogP contribution in [0.25, 0.3) is 5.65 Å². The molecule has 1 atom stereocenters. The Balaban J connectivity index is 1.44. The van der Waals surface area contributed by atoms with E-state index in [0.717, 1.165) is 5.56 Å². The molecular formula is C21H20N4O4. The first-order valence-electron chi connectivity index (χ1n) is 9.18. The number of carbonyl (C=O) groups excluding carboxylic acids is 2. The molecule has 1 N–H and O–H groups in total. The molecule has 0 fully saturated rings. The lowest BCUT2D eigenvalue weighted by molar-refractivity contribution is -0.166. The highest BCUT2D eigenvalue weighted by atomic mass is 16.7. The van der Waals surface area contributed by atoms with Crippen molar-refractivity contribution in [2.75, 3.05) is 13.7 Å². The summed E-state index contributed by atoms with van der Waals surface area (Å²) in [6.07, 6.45) is 3.93. The van der Waals surface area contributed by atoms with Gasteiger partial charge in [0.25, 0.3) is 5.91 Å². The summed E-state index contributed by atoms with van der Waals surface area (Å²) in [5.41, 5.74) is 1.43. The second-order valence-corrected chi connectivity index (χ2v) is 6.82. The molecule has 148 valence electrons. The van der Waals surface area contributed by atoms with Crippen LogP contribution < -0.4 is 5.32 Å². The maximum absolute atomic E-state index is 12.6. The zero-order valence-corrected chi connectivity index (χ0v) is 15.9. The van der Waals surface area contributed by atoms with Gasteiger partial charge in [-0.05, 0) is 17.7 Å². The standard InChI is InChI=1S/C21H20N4O4/c1-28-20(27)21(12-15-6-3-2-4-7-15)13-16(24-29-21)14-23-19(26)17-8-5-9-18-22-10-11-25(17)18/h2-11H,12-14H2,1H3,(H,23,26). The molecule has 3 heterocycles. The third-order valence-electron chi connectivity index (χ3n) is 4.84. The highest BCUT2D eigenvalue weighted by molar-refractivity contribution is 5.99. The fourth-order valence-corrected chi connectivity index (χ4v) is 3.43. The summed E-state index contributed by atoms with van der Waals surface area (Å²) in [7, 11) is 1.32. The second kappa shape index (κ2) is 7.75. The molecule has 4 rings (SSSR count). The van der Waals surface area contributed by atoms with E-state index in [0.29, 0.717) is 23.5 Å². The van der Waals surface area contributed by atoms with Crippen LogP contribution in [0, 0.1) is 0 Å². The largest absolute Gasteiger partial charge is 0.466 e. The minimum atomic E-state index is -1.22. The highest BCUT2D eigenvalue weighted by Gasteiger charge is 2.47. The predicted octanol–water partition coefficient (Wildman–Crippen LogP) is 1.99. The van der Waals surface area contributed by atoms with Gasteiger partial charge in [0.2, 0.25) is 5.60 Å². The summed E-state index contributed by atoms with van der Waals surface area (Å²) < 4.78 is 6.66. The van der Waals surface area contributed by atoms with Crippen molar-refractivity contribution in [3.8, 4) is 0 Å². The number of nitrogens with zero attached hydrogens (tertiary/aromatic N) is 3. The third-order valence-corrected chi connectivity index (χ3v) is 4.84. The number of oxime groups is 1. The maximum Gasteiger partial charge on any atom is 0.353 e. The Hall–Kier alpha value is -3.68. The number of imidazole rings is 1. The Labute approximate surface area is 167 Å². The van der Waals surface area contributed by atoms with Gasteiger partial charge in [0.1, 0.15) is 11.3 Å². The molecule has 0 bridgehead atoms. The molecular weight excluding hydrogens is 372 g/mol. The van der Waals surface area contributed by atoms with Crippen molar-refractivity contribution in [3.63, 3.8) is 0 Å². The molecule has 1 aliphatic heterocycles. The average Bonchev–Trinajstić information content (AvgIpc) is 3.39. The van der Waals surface area contributed by atoms with Crippen molar-refractivity contribution >= 4 is 23.2 Å². The molecule has 1 amide bonds. The molecule has 1 aromatic carbocycles. The van der Waals surface area contributed by atoms with Crippen molar-refractivity contribution in [1.29, 1.82) is 0 Å².